The summed E-state index contributed by atoms with van der Waals surface area (Å²) in [5.74, 6) is -1.52. The highest BCUT2D eigenvalue weighted by atomic mass is 35.5. The Morgan fingerprint density at radius 3 is 2.45 bits per heavy atom. The summed E-state index contributed by atoms with van der Waals surface area (Å²) in [7, 11) is 3.26. The maximum atomic E-state index is 14.6. The Labute approximate surface area is 260 Å². The molecule has 2 aliphatic heterocycles. The highest BCUT2D eigenvalue weighted by Gasteiger charge is 2.29. The molecule has 44 heavy (non-hydrogen) atoms. The molecule has 4 aromatic rings. The fourth-order valence-electron chi connectivity index (χ4n) is 6.01. The first kappa shape index (κ1) is 29.8. The molecular weight excluding hydrogens is 583 g/mol. The van der Waals surface area contributed by atoms with E-state index >= 15 is 0 Å². The lowest BCUT2D eigenvalue weighted by Gasteiger charge is -2.36. The second-order valence-corrected chi connectivity index (χ2v) is 12.0. The van der Waals surface area contributed by atoms with E-state index in [0.29, 0.717) is 28.8 Å². The van der Waals surface area contributed by atoms with Crippen molar-refractivity contribution < 1.29 is 23.2 Å². The van der Waals surface area contributed by atoms with E-state index in [0.717, 1.165) is 67.1 Å². The normalized spacial score (nSPS) is 17.6. The number of nitrogens with one attached hydrogen (secondary N) is 1. The van der Waals surface area contributed by atoms with Gasteiger partial charge in [0.25, 0.3) is 5.91 Å². The van der Waals surface area contributed by atoms with E-state index in [1.807, 2.05) is 30.3 Å². The predicted octanol–water partition coefficient (Wildman–Crippen LogP) is 5.48. The lowest BCUT2D eigenvalue weighted by molar-refractivity contribution is -0.134. The van der Waals surface area contributed by atoms with Gasteiger partial charge in [-0.05, 0) is 59.9 Å². The van der Waals surface area contributed by atoms with Gasteiger partial charge < -0.3 is 14.2 Å². The molecule has 0 aliphatic carbocycles. The second kappa shape index (κ2) is 12.4. The van der Waals surface area contributed by atoms with Crippen molar-refractivity contribution in [3.05, 3.63) is 88.4 Å². The Balaban J connectivity index is 1.05. The molecule has 2 saturated heterocycles. The standard InChI is InChI=1S/C34H34ClFN4O4/c1-38(2)34(43)30-20-27-29(36)11-9-24(32(27)44-30)22-4-6-23(7-5-22)40-17-15-39(16-18-40)14-13-21-3-8-25(28(35)19-21)26-10-12-31(41)37-33(26)42/h3-9,11,19-20,26H,10,12-18H2,1-2H3,(H,37,41,42). The Morgan fingerprint density at radius 1 is 1.02 bits per heavy atom. The summed E-state index contributed by atoms with van der Waals surface area (Å²) in [6.07, 6.45) is 1.66. The van der Waals surface area contributed by atoms with Crippen LogP contribution in [-0.4, -0.2) is 74.3 Å². The van der Waals surface area contributed by atoms with E-state index in [9.17, 15) is 18.8 Å². The molecular formula is C34H34ClFN4O4. The molecule has 8 nitrogen and oxygen atoms in total. The summed E-state index contributed by atoms with van der Waals surface area (Å²) in [6, 6.07) is 18.6. The molecule has 3 amide bonds. The van der Waals surface area contributed by atoms with Crippen molar-refractivity contribution in [2.24, 2.45) is 0 Å². The zero-order valence-corrected chi connectivity index (χ0v) is 25.5. The summed E-state index contributed by atoms with van der Waals surface area (Å²) in [5, 5.41) is 3.27. The summed E-state index contributed by atoms with van der Waals surface area (Å²) < 4.78 is 20.4. The van der Waals surface area contributed by atoms with Crippen molar-refractivity contribution in [2.75, 3.05) is 51.7 Å². The lowest BCUT2D eigenvalue weighted by Crippen LogP contribution is -2.47. The molecule has 0 radical (unpaired) electrons. The average Bonchev–Trinajstić information content (AvgIpc) is 3.47. The number of anilines is 1. The summed E-state index contributed by atoms with van der Waals surface area (Å²) in [4.78, 5) is 42.3. The SMILES string of the molecule is CN(C)C(=O)c1cc2c(F)ccc(-c3ccc(N4CCN(CCc5ccc(C6CCC(=O)NC6=O)c(Cl)c5)CC4)cc3)c2o1. The van der Waals surface area contributed by atoms with Crippen molar-refractivity contribution in [2.45, 2.75) is 25.2 Å². The van der Waals surface area contributed by atoms with Crippen LogP contribution in [0.5, 0.6) is 0 Å². The number of benzene rings is 3. The van der Waals surface area contributed by atoms with Gasteiger partial charge in [-0.1, -0.05) is 35.9 Å². The number of fused-ring (bicyclic) bond motifs is 1. The van der Waals surface area contributed by atoms with Crippen LogP contribution in [0.4, 0.5) is 10.1 Å². The number of hydrogen-bond donors (Lipinski definition) is 1. The molecule has 1 aromatic heterocycles. The van der Waals surface area contributed by atoms with Crippen molar-refractivity contribution >= 4 is 46.0 Å². The monoisotopic (exact) mass is 616 g/mol. The molecule has 1 unspecified atom stereocenters. The number of furan rings is 1. The van der Waals surface area contributed by atoms with Gasteiger partial charge in [0.15, 0.2) is 5.76 Å². The van der Waals surface area contributed by atoms with E-state index in [1.165, 1.54) is 17.0 Å². The van der Waals surface area contributed by atoms with Crippen LogP contribution in [0.3, 0.4) is 0 Å². The number of amides is 3. The van der Waals surface area contributed by atoms with Crippen LogP contribution in [0, 0.1) is 5.82 Å². The highest BCUT2D eigenvalue weighted by molar-refractivity contribution is 6.31. The molecule has 1 N–H and O–H groups in total. The number of imide groups is 1. The summed E-state index contributed by atoms with van der Waals surface area (Å²) in [5.41, 5.74) is 5.00. The molecule has 3 heterocycles. The third kappa shape index (κ3) is 6.07. The zero-order chi connectivity index (χ0) is 31.0. The number of rotatable bonds is 7. The van der Waals surface area contributed by atoms with Gasteiger partial charge in [-0.3, -0.25) is 24.6 Å². The summed E-state index contributed by atoms with van der Waals surface area (Å²) >= 11 is 6.56. The smallest absolute Gasteiger partial charge is 0.289 e. The number of piperidine rings is 1. The summed E-state index contributed by atoms with van der Waals surface area (Å²) in [6.45, 7) is 4.55. The molecule has 10 heteroatoms. The number of piperazine rings is 1. The Bertz CT molecular complexity index is 1730. The van der Waals surface area contributed by atoms with Crippen LogP contribution in [-0.2, 0) is 16.0 Å². The molecule has 1 atom stereocenters. The number of carbonyl (C=O) groups excluding carboxylic acids is 3. The Hall–Kier alpha value is -4.21. The van der Waals surface area contributed by atoms with Gasteiger partial charge in [0.1, 0.15) is 11.4 Å². The van der Waals surface area contributed by atoms with E-state index in [4.69, 9.17) is 16.0 Å². The van der Waals surface area contributed by atoms with Gasteiger partial charge in [0.05, 0.1) is 11.3 Å². The number of hydrogen-bond acceptors (Lipinski definition) is 6. The minimum atomic E-state index is -0.424. The van der Waals surface area contributed by atoms with Gasteiger partial charge in [0, 0.05) is 75.6 Å². The molecule has 3 aromatic carbocycles. The molecule has 0 saturated carbocycles. The number of halogens is 2. The minimum absolute atomic E-state index is 0.109. The van der Waals surface area contributed by atoms with Crippen LogP contribution < -0.4 is 10.2 Å². The highest BCUT2D eigenvalue weighted by Crippen LogP contribution is 2.34. The topological polar surface area (TPSA) is 86.1 Å². The largest absolute Gasteiger partial charge is 0.450 e. The number of nitrogens with zero attached hydrogens (tertiary/aromatic N) is 3. The van der Waals surface area contributed by atoms with Gasteiger partial charge in [-0.25, -0.2) is 4.39 Å². The quantitative estimate of drug-likeness (QED) is 0.277. The Kier molecular flexibility index (Phi) is 8.42. The molecule has 6 rings (SSSR count). The van der Waals surface area contributed by atoms with Crippen molar-refractivity contribution in [1.29, 1.82) is 0 Å². The Morgan fingerprint density at radius 2 is 1.77 bits per heavy atom. The van der Waals surface area contributed by atoms with Crippen LogP contribution in [0.25, 0.3) is 22.1 Å². The second-order valence-electron chi connectivity index (χ2n) is 11.6. The van der Waals surface area contributed by atoms with Crippen LogP contribution in [0.2, 0.25) is 5.02 Å². The van der Waals surface area contributed by atoms with Crippen molar-refractivity contribution in [1.82, 2.24) is 15.1 Å². The maximum Gasteiger partial charge on any atom is 0.289 e. The first-order valence-corrected chi connectivity index (χ1v) is 15.2. The van der Waals surface area contributed by atoms with E-state index in [1.54, 1.807) is 20.2 Å². The fraction of sp³-hybridized carbons (Fsp3) is 0.324. The van der Waals surface area contributed by atoms with E-state index in [-0.39, 0.29) is 29.4 Å². The van der Waals surface area contributed by atoms with Crippen LogP contribution in [0.15, 0.2) is 65.1 Å². The van der Waals surface area contributed by atoms with Gasteiger partial charge >= 0.3 is 0 Å². The van der Waals surface area contributed by atoms with Gasteiger partial charge in [-0.2, -0.15) is 0 Å². The lowest BCUT2D eigenvalue weighted by atomic mass is 9.89. The minimum Gasteiger partial charge on any atom is -0.450 e. The fourth-order valence-corrected chi connectivity index (χ4v) is 6.35. The molecule has 0 bridgehead atoms. The van der Waals surface area contributed by atoms with Crippen LogP contribution in [0.1, 0.15) is 40.4 Å². The predicted molar refractivity (Wildman–Crippen MR) is 169 cm³/mol. The van der Waals surface area contributed by atoms with E-state index in [2.05, 4.69) is 27.2 Å². The molecule has 0 spiro atoms. The van der Waals surface area contributed by atoms with Gasteiger partial charge in [0.2, 0.25) is 11.8 Å². The molecule has 2 fully saturated rings. The first-order valence-electron chi connectivity index (χ1n) is 14.8. The first-order chi connectivity index (χ1) is 21.2. The van der Waals surface area contributed by atoms with Crippen molar-refractivity contribution in [3.63, 3.8) is 0 Å². The van der Waals surface area contributed by atoms with E-state index < -0.39 is 5.82 Å². The molecule has 2 aliphatic rings. The maximum absolute atomic E-state index is 14.6. The third-order valence-corrected chi connectivity index (χ3v) is 8.89. The third-order valence-electron chi connectivity index (χ3n) is 8.56. The van der Waals surface area contributed by atoms with Gasteiger partial charge in [-0.15, -0.1) is 0 Å². The average molecular weight is 617 g/mol. The zero-order valence-electron chi connectivity index (χ0n) is 24.7. The molecule has 228 valence electrons. The van der Waals surface area contributed by atoms with Crippen LogP contribution >= 0.6 is 11.6 Å². The number of carbonyl (C=O) groups is 3. The van der Waals surface area contributed by atoms with Crippen molar-refractivity contribution in [3.8, 4) is 11.1 Å².